The van der Waals surface area contributed by atoms with Crippen molar-refractivity contribution in [3.05, 3.63) is 93.8 Å². The van der Waals surface area contributed by atoms with Gasteiger partial charge in [-0.2, -0.15) is 4.98 Å². The molecule has 7 N–H and O–H groups in total. The minimum Gasteiger partial charge on any atom is -0.382 e. The largest absolute Gasteiger partial charge is 0.382 e. The van der Waals surface area contributed by atoms with E-state index in [4.69, 9.17) is 5.73 Å². The highest BCUT2D eigenvalue weighted by molar-refractivity contribution is 9.10. The second kappa shape index (κ2) is 15.7. The first-order valence-corrected chi connectivity index (χ1v) is 19.9. The zero-order valence-electron chi connectivity index (χ0n) is 29.3. The number of nitrogens with one attached hydrogen (secondary N) is 5. The topological polar surface area (TPSA) is 218 Å². The monoisotopic (exact) mass is 833 g/mol. The average Bonchev–Trinajstić information content (AvgIpc) is 3.32. The van der Waals surface area contributed by atoms with Crippen molar-refractivity contribution in [3.63, 3.8) is 0 Å². The highest BCUT2D eigenvalue weighted by Gasteiger charge is 2.40. The summed E-state index contributed by atoms with van der Waals surface area (Å²) in [6.45, 7) is 0.261. The molecule has 7 rings (SSSR count). The zero-order valence-corrected chi connectivity index (χ0v) is 31.7. The van der Waals surface area contributed by atoms with Gasteiger partial charge in [0, 0.05) is 53.7 Å². The predicted octanol–water partition coefficient (Wildman–Crippen LogP) is 4.82. The summed E-state index contributed by atoms with van der Waals surface area (Å²) < 4.78 is 44.5. The molecule has 0 bridgehead atoms. The number of nitrogens with two attached hydrogens (primary N) is 1. The Morgan fingerprint density at radius 1 is 0.927 bits per heavy atom. The number of carbonyl (C=O) groups excluding carboxylic acids is 4. The molecule has 15 nitrogen and oxygen atoms in total. The molecular weight excluding hydrogens is 797 g/mol. The van der Waals surface area contributed by atoms with Crippen molar-refractivity contribution in [2.75, 3.05) is 16.0 Å². The summed E-state index contributed by atoms with van der Waals surface area (Å²) in [5.41, 5.74) is 7.83. The summed E-state index contributed by atoms with van der Waals surface area (Å²) in [5.74, 6) is -2.37. The highest BCUT2D eigenvalue weighted by atomic mass is 79.9. The van der Waals surface area contributed by atoms with Crippen LogP contribution in [0.2, 0.25) is 0 Å². The molecule has 3 heterocycles. The molecule has 286 valence electrons. The maximum Gasteiger partial charge on any atom is 0.255 e. The number of rotatable bonds is 11. The third kappa shape index (κ3) is 8.30. The molecule has 18 heteroatoms. The Hall–Kier alpha value is -5.46. The van der Waals surface area contributed by atoms with Crippen LogP contribution in [0.25, 0.3) is 0 Å². The Morgan fingerprint density at radius 3 is 2.42 bits per heavy atom. The minimum absolute atomic E-state index is 0.0433. The molecule has 4 aromatic rings. The smallest absolute Gasteiger partial charge is 0.255 e. The fourth-order valence-electron chi connectivity index (χ4n) is 7.16. The molecule has 3 atom stereocenters. The lowest BCUT2D eigenvalue weighted by Crippen LogP contribution is -2.52. The molecule has 2 fully saturated rings. The lowest BCUT2D eigenvalue weighted by atomic mass is 10.0. The fraction of sp³-hybridized carbons (Fsp3) is 0.297. The standard InChI is InChI=1S/C37H37BrFN9O6S/c38-26-18-41-37(46-34(26)44-29-9-3-7-27(39)32(29)33(40)50)43-21-12-14-23(15-13-21)55(53,54)47-22-5-1-4-20(10-11-22)42-28-8-2-6-24-25(28)19-48(36(24)52)30-16-17-31(49)45-35(30)51/h2-3,6-9,12-15,18,20,22,30,42,47H,1,4-5,10-11,16-17,19H2,(H2,40,50)(H,45,49,51)(H2,41,43,44,46)/t20?,22-,30?/m0/s1. The molecule has 1 aliphatic carbocycles. The SMILES string of the molecule is NC(=O)c1c(F)cccc1Nc1nc(Nc2ccc(S(=O)(=O)N[C@H]3CCCC(Nc4cccc5c4CN(C4CCC(=O)NC4=O)C5=O)CC3)cc2)ncc1Br. The van der Waals surface area contributed by atoms with Crippen LogP contribution < -0.4 is 31.7 Å². The Balaban J connectivity index is 0.951. The number of amides is 4. The Morgan fingerprint density at radius 2 is 1.65 bits per heavy atom. The van der Waals surface area contributed by atoms with Crippen LogP contribution in [0.15, 0.2) is 76.2 Å². The number of carbonyl (C=O) groups is 4. The Labute approximate surface area is 324 Å². The van der Waals surface area contributed by atoms with E-state index in [1.807, 2.05) is 6.07 Å². The van der Waals surface area contributed by atoms with E-state index in [0.717, 1.165) is 30.2 Å². The van der Waals surface area contributed by atoms with Gasteiger partial charge in [0.1, 0.15) is 17.7 Å². The number of fused-ring (bicyclic) bond motifs is 1. The van der Waals surface area contributed by atoms with Gasteiger partial charge in [-0.1, -0.05) is 12.1 Å². The zero-order chi connectivity index (χ0) is 38.9. The summed E-state index contributed by atoms with van der Waals surface area (Å²) in [6, 6.07) is 14.7. The number of halogens is 2. The van der Waals surface area contributed by atoms with Crippen molar-refractivity contribution >= 4 is 78.4 Å². The number of piperidine rings is 1. The van der Waals surface area contributed by atoms with Crippen LogP contribution in [-0.2, 0) is 26.2 Å². The quantitative estimate of drug-likeness (QED) is 0.0890. The molecule has 4 amide bonds. The van der Waals surface area contributed by atoms with Gasteiger partial charge in [-0.05, 0) is 103 Å². The van der Waals surface area contributed by atoms with Crippen molar-refractivity contribution in [2.45, 2.75) is 74.5 Å². The molecule has 0 radical (unpaired) electrons. The van der Waals surface area contributed by atoms with Crippen LogP contribution in [0.1, 0.15) is 71.2 Å². The van der Waals surface area contributed by atoms with Gasteiger partial charge in [0.2, 0.25) is 27.8 Å². The Bertz CT molecular complexity index is 2300. The summed E-state index contributed by atoms with van der Waals surface area (Å²) in [5, 5.41) is 11.8. The molecule has 1 saturated heterocycles. The number of anilines is 5. The maximum absolute atomic E-state index is 14.3. The number of sulfonamides is 1. The number of primary amides is 1. The van der Waals surface area contributed by atoms with Crippen molar-refractivity contribution in [1.29, 1.82) is 0 Å². The lowest BCUT2D eigenvalue weighted by molar-refractivity contribution is -0.136. The summed E-state index contributed by atoms with van der Waals surface area (Å²) in [7, 11) is -3.85. The first kappa shape index (κ1) is 37.8. The first-order valence-electron chi connectivity index (χ1n) is 17.7. The Kier molecular flexibility index (Phi) is 10.8. The maximum atomic E-state index is 14.3. The second-order valence-electron chi connectivity index (χ2n) is 13.6. The van der Waals surface area contributed by atoms with Crippen LogP contribution in [0, 0.1) is 5.82 Å². The van der Waals surface area contributed by atoms with Crippen LogP contribution in [0.5, 0.6) is 0 Å². The number of benzene rings is 3. The van der Waals surface area contributed by atoms with Crippen molar-refractivity contribution in [2.24, 2.45) is 5.73 Å². The number of nitrogens with zero attached hydrogens (tertiary/aromatic N) is 3. The number of imide groups is 1. The molecule has 1 aromatic heterocycles. The average molecular weight is 835 g/mol. The lowest BCUT2D eigenvalue weighted by Gasteiger charge is -2.29. The molecule has 55 heavy (non-hydrogen) atoms. The van der Waals surface area contributed by atoms with E-state index < -0.39 is 33.7 Å². The summed E-state index contributed by atoms with van der Waals surface area (Å²) >= 11 is 3.34. The first-order chi connectivity index (χ1) is 26.4. The van der Waals surface area contributed by atoms with E-state index in [2.05, 4.69) is 51.9 Å². The van der Waals surface area contributed by atoms with Gasteiger partial charge in [-0.25, -0.2) is 22.5 Å². The predicted molar refractivity (Wildman–Crippen MR) is 205 cm³/mol. The normalized spacial score (nSPS) is 20.0. The van der Waals surface area contributed by atoms with Gasteiger partial charge in [0.25, 0.3) is 11.8 Å². The van der Waals surface area contributed by atoms with Gasteiger partial charge in [-0.3, -0.25) is 24.5 Å². The minimum atomic E-state index is -3.85. The van der Waals surface area contributed by atoms with E-state index in [-0.39, 0.29) is 71.2 Å². The van der Waals surface area contributed by atoms with Crippen molar-refractivity contribution < 1.29 is 32.0 Å². The van der Waals surface area contributed by atoms with Gasteiger partial charge >= 0.3 is 0 Å². The van der Waals surface area contributed by atoms with Crippen LogP contribution >= 0.6 is 15.9 Å². The number of hydrogen-bond acceptors (Lipinski definition) is 11. The molecular formula is C37H37BrFN9O6S. The van der Waals surface area contributed by atoms with Gasteiger partial charge in [-0.15, -0.1) is 0 Å². The second-order valence-corrected chi connectivity index (χ2v) is 16.2. The van der Waals surface area contributed by atoms with Crippen molar-refractivity contribution in [3.8, 4) is 0 Å². The van der Waals surface area contributed by atoms with E-state index in [9.17, 15) is 32.0 Å². The van der Waals surface area contributed by atoms with Gasteiger partial charge < -0.3 is 26.6 Å². The van der Waals surface area contributed by atoms with Gasteiger partial charge in [0.05, 0.1) is 20.6 Å². The van der Waals surface area contributed by atoms with E-state index in [1.165, 1.54) is 35.4 Å². The van der Waals surface area contributed by atoms with E-state index in [0.29, 0.717) is 35.0 Å². The number of aromatic nitrogens is 2. The fourth-order valence-corrected chi connectivity index (χ4v) is 8.76. The molecule has 3 aromatic carbocycles. The molecule has 3 aliphatic rings. The summed E-state index contributed by atoms with van der Waals surface area (Å²) in [6.07, 6.45) is 5.45. The molecule has 2 unspecified atom stereocenters. The van der Waals surface area contributed by atoms with Crippen molar-refractivity contribution in [1.82, 2.24) is 24.9 Å². The van der Waals surface area contributed by atoms with E-state index in [1.54, 1.807) is 24.3 Å². The third-order valence-electron chi connectivity index (χ3n) is 9.91. The van der Waals surface area contributed by atoms with Crippen LogP contribution in [0.3, 0.4) is 0 Å². The molecule has 2 aliphatic heterocycles. The highest BCUT2D eigenvalue weighted by Crippen LogP contribution is 2.34. The molecule has 0 spiro atoms. The van der Waals surface area contributed by atoms with Gasteiger partial charge in [0.15, 0.2) is 0 Å². The molecule has 1 saturated carbocycles. The van der Waals surface area contributed by atoms with Crippen LogP contribution in [-0.4, -0.2) is 65.0 Å². The van der Waals surface area contributed by atoms with Crippen LogP contribution in [0.4, 0.5) is 33.2 Å². The summed E-state index contributed by atoms with van der Waals surface area (Å²) in [4.78, 5) is 59.5. The number of hydrogen-bond donors (Lipinski definition) is 6. The van der Waals surface area contributed by atoms with E-state index >= 15 is 0 Å². The third-order valence-corrected chi connectivity index (χ3v) is 12.0.